The van der Waals surface area contributed by atoms with Gasteiger partial charge in [0.25, 0.3) is 0 Å². The Morgan fingerprint density at radius 1 is 1.20 bits per heavy atom. The highest BCUT2D eigenvalue weighted by atomic mass is 16.7. The number of fused-ring (bicyclic) bond motifs is 2. The van der Waals surface area contributed by atoms with Crippen LogP contribution < -0.4 is 0 Å². The number of allylic oxidation sites excluding steroid dienone is 1. The van der Waals surface area contributed by atoms with E-state index in [0.717, 1.165) is 5.57 Å². The second-order valence-electron chi connectivity index (χ2n) is 8.30. The Balaban J connectivity index is 1.62. The van der Waals surface area contributed by atoms with Gasteiger partial charge in [-0.15, -0.1) is 0 Å². The van der Waals surface area contributed by atoms with Gasteiger partial charge >= 0.3 is 5.97 Å². The molecule has 136 valence electrons. The van der Waals surface area contributed by atoms with Gasteiger partial charge in [-0.25, -0.2) is 4.79 Å². The molecule has 6 atom stereocenters. The number of ether oxygens (including phenoxy) is 3. The molecule has 6 nitrogen and oxygen atoms in total. The zero-order valence-electron chi connectivity index (χ0n) is 14.7. The van der Waals surface area contributed by atoms with Crippen molar-refractivity contribution < 1.29 is 28.6 Å². The summed E-state index contributed by atoms with van der Waals surface area (Å²) >= 11 is 0. The third-order valence-electron chi connectivity index (χ3n) is 6.10. The third kappa shape index (κ3) is 2.75. The Hall–Kier alpha value is -1.53. The highest BCUT2D eigenvalue weighted by molar-refractivity contribution is 5.92. The average molecular weight is 348 g/mol. The lowest BCUT2D eigenvalue weighted by atomic mass is 9.84. The van der Waals surface area contributed by atoms with Crippen LogP contribution in [0.4, 0.5) is 0 Å². The van der Waals surface area contributed by atoms with Crippen LogP contribution in [0.25, 0.3) is 0 Å². The van der Waals surface area contributed by atoms with E-state index in [1.54, 1.807) is 0 Å². The normalized spacial score (nSPS) is 46.6. The molecule has 0 aromatic rings. The van der Waals surface area contributed by atoms with Gasteiger partial charge in [-0.05, 0) is 32.6 Å². The molecule has 0 N–H and O–H groups in total. The van der Waals surface area contributed by atoms with Crippen LogP contribution in [0.15, 0.2) is 12.2 Å². The number of carbonyl (C=O) groups is 3. The summed E-state index contributed by atoms with van der Waals surface area (Å²) in [5.41, 5.74) is -0.673. The van der Waals surface area contributed by atoms with E-state index in [1.165, 1.54) is 0 Å². The van der Waals surface area contributed by atoms with Crippen molar-refractivity contribution in [1.29, 1.82) is 0 Å². The van der Waals surface area contributed by atoms with E-state index in [0.29, 0.717) is 25.7 Å². The van der Waals surface area contributed by atoms with E-state index < -0.39 is 17.3 Å². The molecule has 0 amide bonds. The molecule has 0 unspecified atom stereocenters. The topological polar surface area (TPSA) is 82.2 Å². The van der Waals surface area contributed by atoms with Crippen LogP contribution in [-0.4, -0.2) is 47.0 Å². The van der Waals surface area contributed by atoms with Crippen molar-refractivity contribution in [2.75, 3.05) is 0 Å². The molecule has 0 aromatic carbocycles. The average Bonchev–Trinajstić information content (AvgIpc) is 3.10. The lowest BCUT2D eigenvalue weighted by Crippen LogP contribution is -2.33. The fraction of sp³-hybridized carbons (Fsp3) is 0.737. The first-order valence-corrected chi connectivity index (χ1v) is 8.99. The van der Waals surface area contributed by atoms with Gasteiger partial charge < -0.3 is 14.2 Å². The summed E-state index contributed by atoms with van der Waals surface area (Å²) in [6, 6.07) is 0. The number of ketones is 2. The molecular formula is C19H24O6. The maximum Gasteiger partial charge on any atom is 0.341 e. The smallest absolute Gasteiger partial charge is 0.341 e. The van der Waals surface area contributed by atoms with Crippen molar-refractivity contribution in [3.8, 4) is 0 Å². The summed E-state index contributed by atoms with van der Waals surface area (Å²) in [6.07, 6.45) is 0.945. The predicted octanol–water partition coefficient (Wildman–Crippen LogP) is 1.89. The van der Waals surface area contributed by atoms with E-state index in [2.05, 4.69) is 6.58 Å². The van der Waals surface area contributed by atoms with Crippen LogP contribution in [0.1, 0.15) is 52.4 Å². The van der Waals surface area contributed by atoms with Crippen LogP contribution in [0.2, 0.25) is 0 Å². The van der Waals surface area contributed by atoms with Crippen molar-refractivity contribution in [3.63, 3.8) is 0 Å². The molecule has 4 saturated heterocycles. The lowest BCUT2D eigenvalue weighted by Gasteiger charge is -2.27. The molecule has 4 bridgehead atoms. The van der Waals surface area contributed by atoms with Crippen LogP contribution >= 0.6 is 0 Å². The SMILES string of the molecule is C=C(C)[C@@H]1CC[C@]23O[C@H]2[C@H](C[C@]2(C)CC(=O)[C@H](CC(=O)C1)O2)OC3=O. The van der Waals surface area contributed by atoms with Crippen molar-refractivity contribution in [3.05, 3.63) is 12.2 Å². The first kappa shape index (κ1) is 16.9. The summed E-state index contributed by atoms with van der Waals surface area (Å²) in [4.78, 5) is 37.1. The van der Waals surface area contributed by atoms with Crippen molar-refractivity contribution >= 4 is 17.5 Å². The maximum atomic E-state index is 12.5. The van der Waals surface area contributed by atoms with Gasteiger partial charge in [0.05, 0.1) is 5.60 Å². The van der Waals surface area contributed by atoms with Gasteiger partial charge in [-0.1, -0.05) is 12.2 Å². The molecule has 4 aliphatic heterocycles. The monoisotopic (exact) mass is 348 g/mol. The number of epoxide rings is 1. The molecule has 4 fully saturated rings. The predicted molar refractivity (Wildman–Crippen MR) is 86.8 cm³/mol. The Morgan fingerprint density at radius 3 is 2.64 bits per heavy atom. The van der Waals surface area contributed by atoms with E-state index in [1.807, 2.05) is 13.8 Å². The first-order chi connectivity index (χ1) is 11.7. The van der Waals surface area contributed by atoms with Gasteiger partial charge in [0.1, 0.15) is 24.1 Å². The number of carbonyl (C=O) groups excluding carboxylic acids is 3. The van der Waals surface area contributed by atoms with Crippen molar-refractivity contribution in [2.45, 2.75) is 81.9 Å². The molecule has 0 radical (unpaired) electrons. The minimum Gasteiger partial charge on any atom is -0.457 e. The highest BCUT2D eigenvalue weighted by Gasteiger charge is 2.73. The Kier molecular flexibility index (Phi) is 3.71. The van der Waals surface area contributed by atoms with Crippen LogP contribution in [0.3, 0.4) is 0 Å². The van der Waals surface area contributed by atoms with Gasteiger partial charge in [-0.3, -0.25) is 9.59 Å². The third-order valence-corrected chi connectivity index (χ3v) is 6.10. The van der Waals surface area contributed by atoms with Crippen molar-refractivity contribution in [1.82, 2.24) is 0 Å². The summed E-state index contributed by atoms with van der Waals surface area (Å²) in [7, 11) is 0. The summed E-state index contributed by atoms with van der Waals surface area (Å²) in [5.74, 6) is -0.390. The van der Waals surface area contributed by atoms with Gasteiger partial charge in [0, 0.05) is 25.7 Å². The second-order valence-corrected chi connectivity index (χ2v) is 8.30. The molecule has 4 heterocycles. The number of hydrogen-bond acceptors (Lipinski definition) is 6. The van der Waals surface area contributed by atoms with E-state index in [4.69, 9.17) is 14.2 Å². The van der Waals surface area contributed by atoms with Gasteiger partial charge in [0.2, 0.25) is 0 Å². The molecule has 4 rings (SSSR count). The lowest BCUT2D eigenvalue weighted by molar-refractivity contribution is -0.158. The summed E-state index contributed by atoms with van der Waals surface area (Å²) in [5, 5.41) is 0. The molecule has 25 heavy (non-hydrogen) atoms. The van der Waals surface area contributed by atoms with Crippen LogP contribution in [0.5, 0.6) is 0 Å². The minimum atomic E-state index is -0.867. The molecule has 0 aromatic heterocycles. The zero-order valence-corrected chi connectivity index (χ0v) is 14.7. The molecule has 6 heteroatoms. The fourth-order valence-corrected chi connectivity index (χ4v) is 4.59. The number of hydrogen-bond donors (Lipinski definition) is 0. The standard InChI is InChI=1S/C19H24O6/c1-10(2)11-4-5-19-16(25-19)15(23-17(19)22)9-18(3)8-13(21)14(24-18)7-12(20)6-11/h11,14-16H,1,4-9H2,2-3H3/t11-,14+,15+,16+,18+,19+/m1/s1. The van der Waals surface area contributed by atoms with Crippen LogP contribution in [0, 0.1) is 5.92 Å². The number of rotatable bonds is 1. The van der Waals surface area contributed by atoms with Crippen molar-refractivity contribution in [2.24, 2.45) is 5.92 Å². The summed E-state index contributed by atoms with van der Waals surface area (Å²) in [6.45, 7) is 7.72. The molecule has 4 aliphatic rings. The minimum absolute atomic E-state index is 0.00773. The van der Waals surface area contributed by atoms with E-state index in [-0.39, 0.29) is 48.5 Å². The zero-order chi connectivity index (χ0) is 18.0. The molecular weight excluding hydrogens is 324 g/mol. The molecule has 0 aliphatic carbocycles. The Morgan fingerprint density at radius 2 is 1.96 bits per heavy atom. The maximum absolute atomic E-state index is 12.5. The van der Waals surface area contributed by atoms with Crippen LogP contribution in [-0.2, 0) is 28.6 Å². The number of Topliss-reactive ketones (excluding diaryl/α,β-unsaturated/α-hetero) is 2. The summed E-state index contributed by atoms with van der Waals surface area (Å²) < 4.78 is 17.3. The quantitative estimate of drug-likeness (QED) is 0.409. The van der Waals surface area contributed by atoms with Gasteiger partial charge in [-0.2, -0.15) is 0 Å². The molecule has 0 saturated carbocycles. The van der Waals surface area contributed by atoms with E-state index in [9.17, 15) is 14.4 Å². The molecule has 0 spiro atoms. The largest absolute Gasteiger partial charge is 0.457 e. The highest BCUT2D eigenvalue weighted by Crippen LogP contribution is 2.53. The number of esters is 1. The second kappa shape index (κ2) is 5.48. The Bertz CT molecular complexity index is 669. The Labute approximate surface area is 146 Å². The fourth-order valence-electron chi connectivity index (χ4n) is 4.59. The van der Waals surface area contributed by atoms with E-state index >= 15 is 0 Å². The van der Waals surface area contributed by atoms with Gasteiger partial charge in [0.15, 0.2) is 11.4 Å². The first-order valence-electron chi connectivity index (χ1n) is 8.99.